The standard InChI is InChI=1S/C14H16BrNO/c15-13-9-17-14-2-1-11(8-12(13)14)7-10-3-5-16-6-4-10/h1-2,8-10,16H,3-7H2. The highest BCUT2D eigenvalue weighted by Gasteiger charge is 2.14. The van der Waals surface area contributed by atoms with Gasteiger partial charge in [-0.25, -0.2) is 0 Å². The van der Waals surface area contributed by atoms with E-state index >= 15 is 0 Å². The summed E-state index contributed by atoms with van der Waals surface area (Å²) in [5, 5.41) is 4.60. The lowest BCUT2D eigenvalue weighted by atomic mass is 9.91. The van der Waals surface area contributed by atoms with Crippen LogP contribution in [0.15, 0.2) is 33.4 Å². The smallest absolute Gasteiger partial charge is 0.135 e. The van der Waals surface area contributed by atoms with Crippen molar-refractivity contribution in [2.45, 2.75) is 19.3 Å². The number of hydrogen-bond donors (Lipinski definition) is 1. The number of benzene rings is 1. The highest BCUT2D eigenvalue weighted by atomic mass is 79.9. The van der Waals surface area contributed by atoms with Crippen molar-refractivity contribution in [3.8, 4) is 0 Å². The lowest BCUT2D eigenvalue weighted by Gasteiger charge is -2.22. The Morgan fingerprint density at radius 3 is 2.94 bits per heavy atom. The molecule has 0 spiro atoms. The average molecular weight is 294 g/mol. The number of hydrogen-bond acceptors (Lipinski definition) is 2. The molecule has 0 atom stereocenters. The number of nitrogens with one attached hydrogen (secondary N) is 1. The Balaban J connectivity index is 1.82. The number of rotatable bonds is 2. The molecule has 2 nitrogen and oxygen atoms in total. The van der Waals surface area contributed by atoms with Crippen LogP contribution in [0.3, 0.4) is 0 Å². The van der Waals surface area contributed by atoms with E-state index in [1.165, 1.54) is 43.3 Å². The zero-order valence-electron chi connectivity index (χ0n) is 9.71. The Kier molecular flexibility index (Phi) is 3.21. The van der Waals surface area contributed by atoms with Gasteiger partial charge in [-0.3, -0.25) is 0 Å². The van der Waals surface area contributed by atoms with Crippen molar-refractivity contribution in [3.63, 3.8) is 0 Å². The topological polar surface area (TPSA) is 25.2 Å². The van der Waals surface area contributed by atoms with Gasteiger partial charge in [-0.15, -0.1) is 0 Å². The average Bonchev–Trinajstić information content (AvgIpc) is 2.73. The summed E-state index contributed by atoms with van der Waals surface area (Å²) >= 11 is 3.52. The largest absolute Gasteiger partial charge is 0.463 e. The molecule has 1 fully saturated rings. The highest BCUT2D eigenvalue weighted by molar-refractivity contribution is 9.10. The molecule has 0 aliphatic carbocycles. The molecule has 1 aliphatic rings. The minimum absolute atomic E-state index is 0.833. The number of furan rings is 1. The fourth-order valence-electron chi connectivity index (χ4n) is 2.59. The molecular weight excluding hydrogens is 278 g/mol. The van der Waals surface area contributed by atoms with E-state index in [1.54, 1.807) is 6.26 Å². The predicted molar refractivity (Wildman–Crippen MR) is 73.2 cm³/mol. The van der Waals surface area contributed by atoms with Gasteiger partial charge < -0.3 is 9.73 Å². The summed E-state index contributed by atoms with van der Waals surface area (Å²) in [6.07, 6.45) is 5.55. The lowest BCUT2D eigenvalue weighted by molar-refractivity contribution is 0.373. The van der Waals surface area contributed by atoms with Gasteiger partial charge in [0.2, 0.25) is 0 Å². The fourth-order valence-corrected chi connectivity index (χ4v) is 2.99. The second-order valence-corrected chi connectivity index (χ2v) is 5.67. The van der Waals surface area contributed by atoms with Gasteiger partial charge in [-0.05, 0) is 71.9 Å². The van der Waals surface area contributed by atoms with Crippen LogP contribution in [0.5, 0.6) is 0 Å². The van der Waals surface area contributed by atoms with Crippen molar-refractivity contribution in [3.05, 3.63) is 34.5 Å². The molecule has 1 aromatic carbocycles. The van der Waals surface area contributed by atoms with Gasteiger partial charge in [0.05, 0.1) is 4.47 Å². The third-order valence-electron chi connectivity index (χ3n) is 3.57. The lowest BCUT2D eigenvalue weighted by Crippen LogP contribution is -2.28. The Bertz CT molecular complexity index is 514. The zero-order valence-corrected chi connectivity index (χ0v) is 11.3. The monoisotopic (exact) mass is 293 g/mol. The molecule has 0 unspecified atom stereocenters. The highest BCUT2D eigenvalue weighted by Crippen LogP contribution is 2.28. The molecule has 90 valence electrons. The number of fused-ring (bicyclic) bond motifs is 1. The van der Waals surface area contributed by atoms with Crippen LogP contribution in [0.25, 0.3) is 11.0 Å². The van der Waals surface area contributed by atoms with Crippen molar-refractivity contribution in [2.24, 2.45) is 5.92 Å². The molecule has 3 heteroatoms. The number of piperidine rings is 1. The molecule has 0 bridgehead atoms. The molecule has 2 heterocycles. The van der Waals surface area contributed by atoms with Crippen LogP contribution in [-0.4, -0.2) is 13.1 Å². The summed E-state index contributed by atoms with van der Waals surface area (Å²) in [7, 11) is 0. The first-order chi connectivity index (χ1) is 8.33. The van der Waals surface area contributed by atoms with Crippen molar-refractivity contribution >= 4 is 26.9 Å². The van der Waals surface area contributed by atoms with Crippen molar-refractivity contribution in [2.75, 3.05) is 13.1 Å². The van der Waals surface area contributed by atoms with Gasteiger partial charge >= 0.3 is 0 Å². The van der Waals surface area contributed by atoms with Crippen LogP contribution in [0, 0.1) is 5.92 Å². The molecule has 0 amide bonds. The predicted octanol–water partition coefficient (Wildman–Crippen LogP) is 3.74. The van der Waals surface area contributed by atoms with Crippen LogP contribution in [-0.2, 0) is 6.42 Å². The van der Waals surface area contributed by atoms with E-state index in [9.17, 15) is 0 Å². The zero-order chi connectivity index (χ0) is 11.7. The second-order valence-electron chi connectivity index (χ2n) is 4.81. The van der Waals surface area contributed by atoms with E-state index in [1.807, 2.05) is 0 Å². The molecule has 1 aromatic heterocycles. The molecule has 0 radical (unpaired) electrons. The molecular formula is C14H16BrNO. The van der Waals surface area contributed by atoms with Crippen LogP contribution in [0.2, 0.25) is 0 Å². The van der Waals surface area contributed by atoms with Gasteiger partial charge in [0, 0.05) is 5.39 Å². The van der Waals surface area contributed by atoms with Gasteiger partial charge in [-0.1, -0.05) is 6.07 Å². The minimum Gasteiger partial charge on any atom is -0.463 e. The summed E-state index contributed by atoms with van der Waals surface area (Å²) in [6, 6.07) is 6.53. The Labute approximate surface area is 110 Å². The summed E-state index contributed by atoms with van der Waals surface area (Å²) < 4.78 is 6.49. The molecule has 1 saturated heterocycles. The van der Waals surface area contributed by atoms with Crippen molar-refractivity contribution < 1.29 is 4.42 Å². The molecule has 2 aromatic rings. The third-order valence-corrected chi connectivity index (χ3v) is 4.19. The van der Waals surface area contributed by atoms with E-state index in [0.29, 0.717) is 0 Å². The van der Waals surface area contributed by atoms with Crippen molar-refractivity contribution in [1.82, 2.24) is 5.32 Å². The Morgan fingerprint density at radius 1 is 1.29 bits per heavy atom. The first-order valence-electron chi connectivity index (χ1n) is 6.19. The summed E-state index contributed by atoms with van der Waals surface area (Å²) in [4.78, 5) is 0. The van der Waals surface area contributed by atoms with E-state index < -0.39 is 0 Å². The van der Waals surface area contributed by atoms with Gasteiger partial charge in [0.15, 0.2) is 0 Å². The summed E-state index contributed by atoms with van der Waals surface area (Å²) in [5.74, 6) is 0.833. The quantitative estimate of drug-likeness (QED) is 0.913. The van der Waals surface area contributed by atoms with Gasteiger partial charge in [0.1, 0.15) is 11.8 Å². The first kappa shape index (κ1) is 11.3. The van der Waals surface area contributed by atoms with E-state index in [2.05, 4.69) is 39.4 Å². The van der Waals surface area contributed by atoms with Crippen LogP contribution in [0.1, 0.15) is 18.4 Å². The molecule has 3 rings (SSSR count). The Hall–Kier alpha value is -0.800. The van der Waals surface area contributed by atoms with Crippen LogP contribution < -0.4 is 5.32 Å². The van der Waals surface area contributed by atoms with Crippen LogP contribution >= 0.6 is 15.9 Å². The summed E-state index contributed by atoms with van der Waals surface area (Å²) in [5.41, 5.74) is 2.39. The number of halogens is 1. The maximum Gasteiger partial charge on any atom is 0.135 e. The minimum atomic E-state index is 0.833. The maximum absolute atomic E-state index is 5.44. The SMILES string of the molecule is Brc1coc2ccc(CC3CCNCC3)cc12. The van der Waals surface area contributed by atoms with Gasteiger partial charge in [-0.2, -0.15) is 0 Å². The Morgan fingerprint density at radius 2 is 2.12 bits per heavy atom. The van der Waals surface area contributed by atoms with Crippen LogP contribution in [0.4, 0.5) is 0 Å². The summed E-state index contributed by atoms with van der Waals surface area (Å²) in [6.45, 7) is 2.34. The van der Waals surface area contributed by atoms with E-state index in [0.717, 1.165) is 16.0 Å². The van der Waals surface area contributed by atoms with E-state index in [4.69, 9.17) is 4.42 Å². The third kappa shape index (κ3) is 2.40. The van der Waals surface area contributed by atoms with E-state index in [-0.39, 0.29) is 0 Å². The fraction of sp³-hybridized carbons (Fsp3) is 0.429. The molecule has 1 aliphatic heterocycles. The maximum atomic E-state index is 5.44. The molecule has 17 heavy (non-hydrogen) atoms. The second kappa shape index (κ2) is 4.83. The first-order valence-corrected chi connectivity index (χ1v) is 6.98. The van der Waals surface area contributed by atoms with Gasteiger partial charge in [0.25, 0.3) is 0 Å². The van der Waals surface area contributed by atoms with Crippen molar-refractivity contribution in [1.29, 1.82) is 0 Å². The normalized spacial score (nSPS) is 17.7. The molecule has 1 N–H and O–H groups in total. The molecule has 0 saturated carbocycles.